The molecule has 0 aromatic heterocycles. The average Bonchev–Trinajstić information content (AvgIpc) is 3.24. The van der Waals surface area contributed by atoms with Gasteiger partial charge in [-0.05, 0) is 41.8 Å². The molecule has 0 unspecified atom stereocenters. The number of benzene rings is 2. The van der Waals surface area contributed by atoms with Crippen LogP contribution < -0.4 is 4.74 Å². The maximum absolute atomic E-state index is 9.60. The van der Waals surface area contributed by atoms with Crippen molar-refractivity contribution in [2.45, 2.75) is 17.8 Å². The van der Waals surface area contributed by atoms with Gasteiger partial charge in [-0.25, -0.2) is 0 Å². The zero-order chi connectivity index (χ0) is 14.2. The summed E-state index contributed by atoms with van der Waals surface area (Å²) in [6, 6.07) is 18.1. The summed E-state index contributed by atoms with van der Waals surface area (Å²) in [5.41, 5.74) is 1.83. The average molecular weight is 284 g/mol. The van der Waals surface area contributed by atoms with Crippen LogP contribution in [0.5, 0.6) is 5.75 Å². The molecule has 1 aliphatic carbocycles. The smallest absolute Gasteiger partial charge is 0.118 e. The van der Waals surface area contributed by atoms with E-state index < -0.39 is 5.41 Å². The molecule has 0 saturated heterocycles. The summed E-state index contributed by atoms with van der Waals surface area (Å²) >= 11 is 5.92. The predicted molar refractivity (Wildman–Crippen MR) is 79.1 cm³/mol. The third-order valence-corrected chi connectivity index (χ3v) is 4.29. The highest BCUT2D eigenvalue weighted by Gasteiger charge is 2.56. The first-order valence-corrected chi connectivity index (χ1v) is 6.88. The molecule has 0 amide bonds. The summed E-state index contributed by atoms with van der Waals surface area (Å²) in [6.07, 6.45) is 0.859. The summed E-state index contributed by atoms with van der Waals surface area (Å²) < 4.78 is 5.17. The molecule has 3 heteroatoms. The van der Waals surface area contributed by atoms with Crippen molar-refractivity contribution in [2.24, 2.45) is 0 Å². The van der Waals surface area contributed by atoms with Crippen LogP contribution in [0.3, 0.4) is 0 Å². The van der Waals surface area contributed by atoms with Gasteiger partial charge in [0.1, 0.15) is 5.75 Å². The summed E-state index contributed by atoms with van der Waals surface area (Å²) in [7, 11) is 1.65. The molecule has 20 heavy (non-hydrogen) atoms. The van der Waals surface area contributed by atoms with E-state index in [1.54, 1.807) is 7.11 Å². The lowest BCUT2D eigenvalue weighted by Crippen LogP contribution is -2.06. The van der Waals surface area contributed by atoms with Crippen LogP contribution in [0.4, 0.5) is 0 Å². The number of methoxy groups -OCH3 is 1. The lowest BCUT2D eigenvalue weighted by molar-refractivity contribution is 0.414. The second-order valence-corrected chi connectivity index (χ2v) is 5.56. The van der Waals surface area contributed by atoms with Gasteiger partial charge in [0, 0.05) is 10.9 Å². The van der Waals surface area contributed by atoms with Crippen molar-refractivity contribution < 1.29 is 4.74 Å². The molecule has 1 fully saturated rings. The van der Waals surface area contributed by atoms with E-state index in [1.807, 2.05) is 48.5 Å². The molecule has 0 bridgehead atoms. The summed E-state index contributed by atoms with van der Waals surface area (Å²) in [4.78, 5) is 0. The molecule has 100 valence electrons. The number of nitrogens with zero attached hydrogens (tertiary/aromatic N) is 1. The van der Waals surface area contributed by atoms with Gasteiger partial charge < -0.3 is 4.74 Å². The highest BCUT2D eigenvalue weighted by atomic mass is 35.5. The number of hydrogen-bond donors (Lipinski definition) is 0. The van der Waals surface area contributed by atoms with Gasteiger partial charge in [-0.1, -0.05) is 35.9 Å². The van der Waals surface area contributed by atoms with Gasteiger partial charge in [0.15, 0.2) is 0 Å². The number of hydrogen-bond acceptors (Lipinski definition) is 2. The number of nitriles is 1. The van der Waals surface area contributed by atoms with E-state index in [0.29, 0.717) is 5.02 Å². The van der Waals surface area contributed by atoms with Crippen LogP contribution in [-0.4, -0.2) is 7.11 Å². The minimum atomic E-state index is -0.404. The Morgan fingerprint density at radius 1 is 1.15 bits per heavy atom. The van der Waals surface area contributed by atoms with Crippen molar-refractivity contribution in [3.8, 4) is 11.8 Å². The summed E-state index contributed by atoms with van der Waals surface area (Å²) in [5, 5.41) is 10.3. The second-order valence-electron chi connectivity index (χ2n) is 5.12. The van der Waals surface area contributed by atoms with Crippen molar-refractivity contribution in [1.29, 1.82) is 5.26 Å². The van der Waals surface area contributed by atoms with Gasteiger partial charge in [0.2, 0.25) is 0 Å². The van der Waals surface area contributed by atoms with Crippen molar-refractivity contribution in [3.05, 3.63) is 64.7 Å². The van der Waals surface area contributed by atoms with Gasteiger partial charge in [-0.2, -0.15) is 5.26 Å². The molecule has 1 saturated carbocycles. The number of ether oxygens (including phenoxy) is 1. The van der Waals surface area contributed by atoms with Crippen molar-refractivity contribution in [3.63, 3.8) is 0 Å². The van der Waals surface area contributed by atoms with E-state index in [4.69, 9.17) is 16.3 Å². The fraction of sp³-hybridized carbons (Fsp3) is 0.235. The zero-order valence-corrected chi connectivity index (χ0v) is 11.9. The minimum Gasteiger partial charge on any atom is -0.497 e. The molecule has 2 aromatic carbocycles. The van der Waals surface area contributed by atoms with Crippen LogP contribution in [-0.2, 0) is 5.41 Å². The first-order valence-electron chi connectivity index (χ1n) is 6.51. The Labute approximate surface area is 123 Å². The maximum Gasteiger partial charge on any atom is 0.118 e. The van der Waals surface area contributed by atoms with Crippen molar-refractivity contribution in [1.82, 2.24) is 0 Å². The van der Waals surface area contributed by atoms with Crippen LogP contribution in [0.15, 0.2) is 48.5 Å². The minimum absolute atomic E-state index is 0.250. The van der Waals surface area contributed by atoms with E-state index in [9.17, 15) is 5.26 Å². The largest absolute Gasteiger partial charge is 0.497 e. The molecular weight excluding hydrogens is 270 g/mol. The van der Waals surface area contributed by atoms with Gasteiger partial charge in [-0.3, -0.25) is 0 Å². The molecular formula is C17H14ClNO. The van der Waals surface area contributed by atoms with Gasteiger partial charge in [0.25, 0.3) is 0 Å². The molecule has 0 aliphatic heterocycles. The molecule has 0 N–H and O–H groups in total. The Balaban J connectivity index is 1.90. The normalized spacial score (nSPS) is 23.9. The fourth-order valence-corrected chi connectivity index (χ4v) is 2.88. The third-order valence-electron chi connectivity index (χ3n) is 4.04. The zero-order valence-electron chi connectivity index (χ0n) is 11.1. The molecule has 2 aromatic rings. The Morgan fingerprint density at radius 2 is 1.80 bits per heavy atom. The topological polar surface area (TPSA) is 33.0 Å². The quantitative estimate of drug-likeness (QED) is 0.841. The molecule has 1 aliphatic rings. The van der Waals surface area contributed by atoms with Crippen LogP contribution in [0.2, 0.25) is 5.02 Å². The number of halogens is 1. The summed E-state index contributed by atoms with van der Waals surface area (Å²) in [5.74, 6) is 1.09. The van der Waals surface area contributed by atoms with E-state index >= 15 is 0 Å². The fourth-order valence-electron chi connectivity index (χ4n) is 2.76. The standard InChI is InChI=1S/C17H14ClNO/c1-20-15-8-2-12(3-9-15)16-10-17(16,11-19)13-4-6-14(18)7-5-13/h2-9,16H,10H2,1H3/t16-,17+/m0/s1. The van der Waals surface area contributed by atoms with Gasteiger partial charge >= 0.3 is 0 Å². The SMILES string of the molecule is COc1ccc([C@@H]2C[C@@]2(C#N)c2ccc(Cl)cc2)cc1. The highest BCUT2D eigenvalue weighted by Crippen LogP contribution is 2.60. The van der Waals surface area contributed by atoms with Gasteiger partial charge in [-0.15, -0.1) is 0 Å². The molecule has 2 atom stereocenters. The maximum atomic E-state index is 9.60. The Morgan fingerprint density at radius 3 is 2.35 bits per heavy atom. The van der Waals surface area contributed by atoms with Crippen molar-refractivity contribution in [2.75, 3.05) is 7.11 Å². The number of rotatable bonds is 3. The lowest BCUT2D eigenvalue weighted by atomic mass is 9.92. The van der Waals surface area contributed by atoms with Crippen LogP contribution in [0, 0.1) is 11.3 Å². The van der Waals surface area contributed by atoms with E-state index in [0.717, 1.165) is 17.7 Å². The summed E-state index contributed by atoms with van der Waals surface area (Å²) in [6.45, 7) is 0. The second kappa shape index (κ2) is 4.85. The molecule has 3 rings (SSSR count). The molecule has 2 nitrogen and oxygen atoms in total. The highest BCUT2D eigenvalue weighted by molar-refractivity contribution is 6.30. The molecule has 0 spiro atoms. The van der Waals surface area contributed by atoms with Gasteiger partial charge in [0.05, 0.1) is 18.6 Å². The Hall–Kier alpha value is -1.98. The first kappa shape index (κ1) is 13.0. The Kier molecular flexibility index (Phi) is 3.16. The molecule has 0 radical (unpaired) electrons. The van der Waals surface area contributed by atoms with E-state index in [-0.39, 0.29) is 5.92 Å². The molecule has 0 heterocycles. The van der Waals surface area contributed by atoms with Crippen LogP contribution in [0.1, 0.15) is 23.5 Å². The first-order chi connectivity index (χ1) is 9.69. The monoisotopic (exact) mass is 283 g/mol. The van der Waals surface area contributed by atoms with E-state index in [1.165, 1.54) is 5.56 Å². The third kappa shape index (κ3) is 2.05. The van der Waals surface area contributed by atoms with Crippen LogP contribution in [0.25, 0.3) is 0 Å². The van der Waals surface area contributed by atoms with E-state index in [2.05, 4.69) is 6.07 Å². The predicted octanol–water partition coefficient (Wildman–Crippen LogP) is 4.30. The van der Waals surface area contributed by atoms with Crippen molar-refractivity contribution >= 4 is 11.6 Å². The Bertz CT molecular complexity index is 657. The lowest BCUT2D eigenvalue weighted by Gasteiger charge is -2.10. The van der Waals surface area contributed by atoms with Crippen LogP contribution >= 0.6 is 11.6 Å².